The van der Waals surface area contributed by atoms with Crippen molar-refractivity contribution in [3.63, 3.8) is 0 Å². The van der Waals surface area contributed by atoms with Gasteiger partial charge in [-0.3, -0.25) is 0 Å². The van der Waals surface area contributed by atoms with Crippen molar-refractivity contribution in [1.82, 2.24) is 49.0 Å². The fourth-order valence-electron chi connectivity index (χ4n) is 9.12. The third-order valence-corrected chi connectivity index (χ3v) is 11.9. The molecule has 0 unspecified atom stereocenters. The Morgan fingerprint density at radius 2 is 0.691 bits per heavy atom. The summed E-state index contributed by atoms with van der Waals surface area (Å²) in [5, 5.41) is 2.33. The van der Waals surface area contributed by atoms with E-state index in [0.717, 1.165) is 12.1 Å². The Balaban J connectivity index is 1.22. The van der Waals surface area contributed by atoms with Crippen molar-refractivity contribution >= 4 is 43.6 Å². The van der Waals surface area contributed by atoms with Crippen molar-refractivity contribution in [3.8, 4) is 68.1 Å². The highest BCUT2D eigenvalue weighted by molar-refractivity contribution is 6.13. The molecule has 15 heteroatoms. The van der Waals surface area contributed by atoms with Gasteiger partial charge >= 0.3 is 6.18 Å². The van der Waals surface area contributed by atoms with Crippen LogP contribution in [0.15, 0.2) is 177 Å². The summed E-state index contributed by atoms with van der Waals surface area (Å²) in [7, 11) is 0. The van der Waals surface area contributed by atoms with Crippen molar-refractivity contribution < 1.29 is 22.0 Å². The van der Waals surface area contributed by atoms with E-state index in [-0.39, 0.29) is 22.5 Å². The molecule has 68 heavy (non-hydrogen) atoms. The molecule has 0 fully saturated rings. The van der Waals surface area contributed by atoms with Gasteiger partial charge in [0.05, 0.1) is 33.4 Å². The second-order valence-corrected chi connectivity index (χ2v) is 15.9. The molecule has 0 spiro atoms. The summed E-state index contributed by atoms with van der Waals surface area (Å²) in [6.45, 7) is 0. The number of aromatic nitrogens is 10. The minimum atomic E-state index is -5.08. The van der Waals surface area contributed by atoms with Crippen LogP contribution >= 0.6 is 0 Å². The maximum absolute atomic E-state index is 16.8. The molecule has 0 N–H and O–H groups in total. The molecule has 12 rings (SSSR count). The normalized spacial score (nSPS) is 11.9. The van der Waals surface area contributed by atoms with Crippen LogP contribution in [-0.2, 0) is 6.18 Å². The van der Waals surface area contributed by atoms with Gasteiger partial charge in [0.25, 0.3) is 0 Å². The molecule has 10 nitrogen and oxygen atoms in total. The molecule has 0 atom stereocenters. The summed E-state index contributed by atoms with van der Waals surface area (Å²) in [6, 6.07) is 33.6. The van der Waals surface area contributed by atoms with Crippen LogP contribution in [0.1, 0.15) is 5.56 Å². The zero-order valence-corrected chi connectivity index (χ0v) is 35.1. The van der Waals surface area contributed by atoms with Gasteiger partial charge in [-0.2, -0.15) is 13.2 Å². The van der Waals surface area contributed by atoms with Crippen LogP contribution < -0.4 is 0 Å². The predicted molar refractivity (Wildman–Crippen MR) is 250 cm³/mol. The lowest BCUT2D eigenvalue weighted by Crippen LogP contribution is -2.17. The molecule has 0 aliphatic carbocycles. The van der Waals surface area contributed by atoms with Gasteiger partial charge in [0, 0.05) is 105 Å². The fourth-order valence-corrected chi connectivity index (χ4v) is 9.12. The second kappa shape index (κ2) is 15.8. The van der Waals surface area contributed by atoms with Gasteiger partial charge in [0.2, 0.25) is 0 Å². The van der Waals surface area contributed by atoms with Gasteiger partial charge < -0.3 is 9.13 Å². The van der Waals surface area contributed by atoms with E-state index < -0.39 is 23.4 Å². The smallest absolute Gasteiger partial charge is 0.309 e. The summed E-state index contributed by atoms with van der Waals surface area (Å²) in [5.74, 6) is -0.241. The van der Waals surface area contributed by atoms with E-state index in [2.05, 4.69) is 39.9 Å². The maximum atomic E-state index is 16.8. The van der Waals surface area contributed by atoms with E-state index in [1.54, 1.807) is 127 Å². The van der Waals surface area contributed by atoms with Crippen LogP contribution in [0.25, 0.3) is 112 Å². The van der Waals surface area contributed by atoms with Crippen molar-refractivity contribution in [2.45, 2.75) is 6.18 Å². The minimum Gasteiger partial charge on any atom is -0.309 e. The van der Waals surface area contributed by atoms with E-state index in [0.29, 0.717) is 95.2 Å². The first-order chi connectivity index (χ1) is 33.2. The van der Waals surface area contributed by atoms with Gasteiger partial charge in [0.1, 0.15) is 17.2 Å². The van der Waals surface area contributed by atoms with E-state index in [4.69, 9.17) is 0 Å². The lowest BCUT2D eigenvalue weighted by atomic mass is 9.96. The van der Waals surface area contributed by atoms with Crippen LogP contribution in [-0.4, -0.2) is 49.0 Å². The standard InChI is InChI=1S/C53H29F5N10/c54-35-23-34(24-36(55)29-35)37-9-14-46(67-42-10-5-30(49-59-15-1-16-60-49)25-38(42)39-26-31(6-11-43(39)67)50-61-17-2-18-62-50)47(53(56,57)58)48(37)68-44-12-7-32(51-63-19-3-20-64-51)27-40(44)41-28-33(8-13-45(41)68)52-65-21-4-22-66-52/h1-29H. The molecule has 12 aromatic rings. The summed E-state index contributed by atoms with van der Waals surface area (Å²) in [6.07, 6.45) is 7.80. The number of fused-ring (bicyclic) bond motifs is 6. The van der Waals surface area contributed by atoms with Crippen molar-refractivity contribution in [1.29, 1.82) is 0 Å². The SMILES string of the molecule is Fc1cc(F)cc(-c2ccc(-n3c4ccc(-c5ncccn5)cc4c4cc(-c5ncccn5)ccc43)c(C(F)(F)F)c2-n2c3ccc(-c4ncccn4)cc3c3cc(-c4ncccn4)ccc32)c1. The molecule has 0 amide bonds. The van der Waals surface area contributed by atoms with Crippen LogP contribution in [0.3, 0.4) is 0 Å². The lowest BCUT2D eigenvalue weighted by molar-refractivity contribution is -0.137. The van der Waals surface area contributed by atoms with E-state index >= 15 is 22.0 Å². The first-order valence-electron chi connectivity index (χ1n) is 21.2. The quantitative estimate of drug-likeness (QED) is 0.145. The average Bonchev–Trinajstić information content (AvgIpc) is 3.87. The van der Waals surface area contributed by atoms with E-state index in [1.165, 1.54) is 16.7 Å². The topological polar surface area (TPSA) is 113 Å². The first-order valence-corrected chi connectivity index (χ1v) is 21.2. The van der Waals surface area contributed by atoms with Crippen LogP contribution in [0.4, 0.5) is 22.0 Å². The number of hydrogen-bond donors (Lipinski definition) is 0. The lowest BCUT2D eigenvalue weighted by Gasteiger charge is -2.24. The Morgan fingerprint density at radius 1 is 0.353 bits per heavy atom. The number of rotatable bonds is 7. The highest BCUT2D eigenvalue weighted by Gasteiger charge is 2.40. The molecule has 0 bridgehead atoms. The van der Waals surface area contributed by atoms with Gasteiger partial charge in [-0.1, -0.05) is 6.07 Å². The number of hydrogen-bond acceptors (Lipinski definition) is 8. The average molecular weight is 901 g/mol. The molecule has 0 saturated heterocycles. The van der Waals surface area contributed by atoms with E-state index in [9.17, 15) is 0 Å². The molecular formula is C53H29F5N10. The van der Waals surface area contributed by atoms with E-state index in [1.807, 2.05) is 24.3 Å². The van der Waals surface area contributed by atoms with Crippen LogP contribution in [0.5, 0.6) is 0 Å². The van der Waals surface area contributed by atoms with Gasteiger partial charge in [0.15, 0.2) is 23.3 Å². The minimum absolute atomic E-state index is 0.0722. The molecule has 6 aromatic carbocycles. The summed E-state index contributed by atoms with van der Waals surface area (Å²) in [4.78, 5) is 35.5. The van der Waals surface area contributed by atoms with Crippen molar-refractivity contribution in [3.05, 3.63) is 194 Å². The Morgan fingerprint density at radius 3 is 1.03 bits per heavy atom. The monoisotopic (exact) mass is 900 g/mol. The molecule has 6 heterocycles. The molecule has 0 aliphatic rings. The number of benzene rings is 6. The fraction of sp³-hybridized carbons (Fsp3) is 0.0189. The second-order valence-electron chi connectivity index (χ2n) is 15.9. The summed E-state index contributed by atoms with van der Waals surface area (Å²) >= 11 is 0. The van der Waals surface area contributed by atoms with Crippen LogP contribution in [0, 0.1) is 11.6 Å². The molecule has 0 saturated carbocycles. The number of alkyl halides is 3. The Kier molecular flexibility index (Phi) is 9.39. The largest absolute Gasteiger partial charge is 0.420 e. The van der Waals surface area contributed by atoms with Gasteiger partial charge in [-0.25, -0.2) is 48.7 Å². The van der Waals surface area contributed by atoms with Crippen molar-refractivity contribution in [2.75, 3.05) is 0 Å². The third-order valence-electron chi connectivity index (χ3n) is 11.9. The predicted octanol–water partition coefficient (Wildman–Crippen LogP) is 12.7. The van der Waals surface area contributed by atoms with Crippen LogP contribution in [0.2, 0.25) is 0 Å². The number of halogens is 5. The molecule has 6 aromatic heterocycles. The highest BCUT2D eigenvalue weighted by atomic mass is 19.4. The molecule has 326 valence electrons. The summed E-state index contributed by atoms with van der Waals surface area (Å²) in [5.41, 5.74) is 2.30. The van der Waals surface area contributed by atoms with Crippen molar-refractivity contribution in [2.24, 2.45) is 0 Å². The zero-order chi connectivity index (χ0) is 46.1. The third kappa shape index (κ3) is 6.78. The molecule has 0 radical (unpaired) electrons. The Hall–Kier alpha value is -9.11. The van der Waals surface area contributed by atoms with Gasteiger partial charge in [-0.15, -0.1) is 0 Å². The highest BCUT2D eigenvalue weighted by Crippen LogP contribution is 2.49. The molecular weight excluding hydrogens is 872 g/mol. The zero-order valence-electron chi connectivity index (χ0n) is 35.1. The van der Waals surface area contributed by atoms with Gasteiger partial charge in [-0.05, 0) is 121 Å². The summed E-state index contributed by atoms with van der Waals surface area (Å²) < 4.78 is 84.2. The number of nitrogens with zero attached hydrogens (tertiary/aromatic N) is 10. The first kappa shape index (κ1) is 40.4. The Bertz CT molecular complexity index is 3700. The Labute approximate surface area is 381 Å². The maximum Gasteiger partial charge on any atom is 0.420 e. The molecule has 0 aliphatic heterocycles.